The minimum Gasteiger partial charge on any atom is -0.377 e. The average molecular weight is 169 g/mol. The van der Waals surface area contributed by atoms with E-state index in [2.05, 4.69) is 11.8 Å². The summed E-state index contributed by atoms with van der Waals surface area (Å²) in [4.78, 5) is 0. The Morgan fingerprint density at radius 2 is 2.08 bits per heavy atom. The highest BCUT2D eigenvalue weighted by molar-refractivity contribution is 4.95. The van der Waals surface area contributed by atoms with Crippen molar-refractivity contribution in [3.63, 3.8) is 0 Å². The fourth-order valence-electron chi connectivity index (χ4n) is 0.782. The lowest BCUT2D eigenvalue weighted by molar-refractivity contribution is 0.0672. The zero-order valence-electron chi connectivity index (χ0n) is 8.26. The maximum atomic E-state index is 5.77. The lowest BCUT2D eigenvalue weighted by Crippen LogP contribution is -2.27. The minimum absolute atomic E-state index is 0.133. The standard InChI is InChI=1S/C10H19NO/c1-4-5-6-7-10(11)8-12-9(2)3/h9-10H,6-8,11H2,1-3H3. The second-order valence-corrected chi connectivity index (χ2v) is 3.11. The van der Waals surface area contributed by atoms with E-state index in [9.17, 15) is 0 Å². The van der Waals surface area contributed by atoms with Crippen LogP contribution in [-0.4, -0.2) is 18.8 Å². The normalized spacial score (nSPS) is 12.4. The van der Waals surface area contributed by atoms with Crippen molar-refractivity contribution in [3.05, 3.63) is 0 Å². The lowest BCUT2D eigenvalue weighted by atomic mass is 10.2. The van der Waals surface area contributed by atoms with E-state index < -0.39 is 0 Å². The third-order valence-corrected chi connectivity index (χ3v) is 1.46. The predicted octanol–water partition coefficient (Wildman–Crippen LogP) is 1.54. The van der Waals surface area contributed by atoms with Crippen molar-refractivity contribution in [3.8, 4) is 11.8 Å². The topological polar surface area (TPSA) is 35.2 Å². The molecule has 0 saturated carbocycles. The molecule has 12 heavy (non-hydrogen) atoms. The number of ether oxygens (including phenoxy) is 1. The number of hydrogen-bond donors (Lipinski definition) is 1. The van der Waals surface area contributed by atoms with E-state index in [1.165, 1.54) is 0 Å². The summed E-state index contributed by atoms with van der Waals surface area (Å²) in [6.07, 6.45) is 2.07. The molecule has 0 heterocycles. The van der Waals surface area contributed by atoms with E-state index in [0.717, 1.165) is 12.8 Å². The maximum Gasteiger partial charge on any atom is 0.0621 e. The van der Waals surface area contributed by atoms with Crippen molar-refractivity contribution in [2.24, 2.45) is 5.73 Å². The van der Waals surface area contributed by atoms with Crippen molar-refractivity contribution >= 4 is 0 Å². The maximum absolute atomic E-state index is 5.77. The molecule has 2 N–H and O–H groups in total. The summed E-state index contributed by atoms with van der Waals surface area (Å²) in [5.41, 5.74) is 5.77. The molecule has 0 aromatic rings. The second-order valence-electron chi connectivity index (χ2n) is 3.11. The molecule has 0 aliphatic heterocycles. The van der Waals surface area contributed by atoms with Gasteiger partial charge in [-0.2, -0.15) is 0 Å². The van der Waals surface area contributed by atoms with Crippen molar-refractivity contribution in [2.45, 2.75) is 45.8 Å². The van der Waals surface area contributed by atoms with Crippen LogP contribution in [0.5, 0.6) is 0 Å². The second kappa shape index (κ2) is 7.15. The van der Waals surface area contributed by atoms with Crippen LogP contribution in [0.4, 0.5) is 0 Å². The fourth-order valence-corrected chi connectivity index (χ4v) is 0.782. The Kier molecular flexibility index (Phi) is 6.84. The van der Waals surface area contributed by atoms with Gasteiger partial charge in [-0.15, -0.1) is 11.8 Å². The summed E-state index contributed by atoms with van der Waals surface area (Å²) >= 11 is 0. The number of hydrogen-bond acceptors (Lipinski definition) is 2. The largest absolute Gasteiger partial charge is 0.377 e. The minimum atomic E-state index is 0.133. The van der Waals surface area contributed by atoms with E-state index in [0.29, 0.717) is 6.61 Å². The molecule has 2 nitrogen and oxygen atoms in total. The van der Waals surface area contributed by atoms with Gasteiger partial charge in [0.2, 0.25) is 0 Å². The molecule has 0 fully saturated rings. The molecular weight excluding hydrogens is 150 g/mol. The molecule has 0 rings (SSSR count). The van der Waals surface area contributed by atoms with Crippen LogP contribution in [0.1, 0.15) is 33.6 Å². The first-order valence-electron chi connectivity index (χ1n) is 4.43. The summed E-state index contributed by atoms with van der Waals surface area (Å²) in [7, 11) is 0. The van der Waals surface area contributed by atoms with Crippen LogP contribution in [0.15, 0.2) is 0 Å². The van der Waals surface area contributed by atoms with Gasteiger partial charge in [-0.1, -0.05) is 0 Å². The molecule has 0 aromatic carbocycles. The highest BCUT2D eigenvalue weighted by Crippen LogP contribution is 1.96. The molecule has 0 radical (unpaired) electrons. The Hall–Kier alpha value is -0.520. The van der Waals surface area contributed by atoms with Gasteiger partial charge in [0.05, 0.1) is 12.7 Å². The van der Waals surface area contributed by atoms with Gasteiger partial charge >= 0.3 is 0 Å². The van der Waals surface area contributed by atoms with Gasteiger partial charge in [-0.25, -0.2) is 0 Å². The highest BCUT2D eigenvalue weighted by Gasteiger charge is 2.02. The first kappa shape index (κ1) is 11.5. The summed E-state index contributed by atoms with van der Waals surface area (Å²) in [5, 5.41) is 0. The van der Waals surface area contributed by atoms with Gasteiger partial charge in [-0.05, 0) is 27.2 Å². The summed E-state index contributed by atoms with van der Waals surface area (Å²) in [5.74, 6) is 5.82. The quantitative estimate of drug-likeness (QED) is 0.634. The van der Waals surface area contributed by atoms with Gasteiger partial charge in [-0.3, -0.25) is 0 Å². The molecule has 0 aliphatic carbocycles. The van der Waals surface area contributed by atoms with Crippen LogP contribution in [0.3, 0.4) is 0 Å². The van der Waals surface area contributed by atoms with Crippen LogP contribution < -0.4 is 5.73 Å². The number of nitrogens with two attached hydrogens (primary N) is 1. The molecule has 0 amide bonds. The van der Waals surface area contributed by atoms with Crippen LogP contribution >= 0.6 is 0 Å². The van der Waals surface area contributed by atoms with Crippen LogP contribution in [0.2, 0.25) is 0 Å². The van der Waals surface area contributed by atoms with Crippen molar-refractivity contribution in [1.82, 2.24) is 0 Å². The first-order chi connectivity index (χ1) is 5.66. The van der Waals surface area contributed by atoms with E-state index in [-0.39, 0.29) is 12.1 Å². The van der Waals surface area contributed by atoms with Crippen LogP contribution in [0, 0.1) is 11.8 Å². The Morgan fingerprint density at radius 1 is 1.42 bits per heavy atom. The van der Waals surface area contributed by atoms with Gasteiger partial charge < -0.3 is 10.5 Å². The Labute approximate surface area is 75.5 Å². The van der Waals surface area contributed by atoms with E-state index >= 15 is 0 Å². The Morgan fingerprint density at radius 3 is 2.58 bits per heavy atom. The lowest BCUT2D eigenvalue weighted by Gasteiger charge is -2.12. The van der Waals surface area contributed by atoms with Gasteiger partial charge in [0.1, 0.15) is 0 Å². The average Bonchev–Trinajstić information content (AvgIpc) is 2.01. The van der Waals surface area contributed by atoms with Gasteiger partial charge in [0.25, 0.3) is 0 Å². The molecule has 0 saturated heterocycles. The van der Waals surface area contributed by atoms with Crippen molar-refractivity contribution < 1.29 is 4.74 Å². The van der Waals surface area contributed by atoms with Gasteiger partial charge in [0, 0.05) is 12.5 Å². The SMILES string of the molecule is CC#CCCC(N)COC(C)C. The van der Waals surface area contributed by atoms with Crippen molar-refractivity contribution in [2.75, 3.05) is 6.61 Å². The van der Waals surface area contributed by atoms with Crippen molar-refractivity contribution in [1.29, 1.82) is 0 Å². The fraction of sp³-hybridized carbons (Fsp3) is 0.800. The third-order valence-electron chi connectivity index (χ3n) is 1.46. The summed E-state index contributed by atoms with van der Waals surface area (Å²) in [6.45, 7) is 6.51. The molecule has 0 spiro atoms. The third kappa shape index (κ3) is 7.59. The Bertz CT molecular complexity index is 155. The molecule has 0 aromatic heterocycles. The monoisotopic (exact) mass is 169 g/mol. The Balaban J connectivity index is 3.31. The first-order valence-corrected chi connectivity index (χ1v) is 4.43. The van der Waals surface area contributed by atoms with E-state index in [4.69, 9.17) is 10.5 Å². The van der Waals surface area contributed by atoms with Gasteiger partial charge in [0.15, 0.2) is 0 Å². The highest BCUT2D eigenvalue weighted by atomic mass is 16.5. The summed E-state index contributed by atoms with van der Waals surface area (Å²) in [6, 6.07) is 0.133. The smallest absolute Gasteiger partial charge is 0.0621 e. The molecule has 1 atom stereocenters. The van der Waals surface area contributed by atoms with Crippen LogP contribution in [0.25, 0.3) is 0 Å². The molecule has 1 unspecified atom stereocenters. The predicted molar refractivity (Wildman–Crippen MR) is 51.7 cm³/mol. The zero-order chi connectivity index (χ0) is 9.40. The number of rotatable bonds is 5. The van der Waals surface area contributed by atoms with E-state index in [1.807, 2.05) is 20.8 Å². The van der Waals surface area contributed by atoms with E-state index in [1.54, 1.807) is 0 Å². The molecular formula is C10H19NO. The molecule has 2 heteroatoms. The van der Waals surface area contributed by atoms with Crippen LogP contribution in [-0.2, 0) is 4.74 Å². The molecule has 0 aliphatic rings. The summed E-state index contributed by atoms with van der Waals surface area (Å²) < 4.78 is 5.36. The molecule has 70 valence electrons. The zero-order valence-corrected chi connectivity index (χ0v) is 8.26. The molecule has 0 bridgehead atoms.